The van der Waals surface area contributed by atoms with Gasteiger partial charge in [0.05, 0.1) is 0 Å². The minimum absolute atomic E-state index is 0.0595. The number of benzene rings is 2. The van der Waals surface area contributed by atoms with Crippen LogP contribution in [0.15, 0.2) is 84.4 Å². The van der Waals surface area contributed by atoms with Gasteiger partial charge in [0, 0.05) is 47.5 Å². The van der Waals surface area contributed by atoms with Crippen molar-refractivity contribution in [3.05, 3.63) is 114 Å². The molecule has 0 saturated heterocycles. The molecule has 0 radical (unpaired) electrons. The summed E-state index contributed by atoms with van der Waals surface area (Å²) in [5, 5.41) is 2.68. The van der Waals surface area contributed by atoms with Crippen molar-refractivity contribution in [3.63, 3.8) is 0 Å². The number of amides is 1. The Hall–Kier alpha value is -5.52. The maximum absolute atomic E-state index is 16.0. The van der Waals surface area contributed by atoms with Crippen LogP contribution in [-0.2, 0) is 10.3 Å². The number of fused-ring (bicyclic) bond motifs is 6. The minimum Gasteiger partial charge on any atom is -0.453 e. The molecule has 220 valence electrons. The molecule has 12 heteroatoms. The van der Waals surface area contributed by atoms with E-state index < -0.39 is 34.9 Å². The Balaban J connectivity index is 1.50. The second-order valence-corrected chi connectivity index (χ2v) is 11.3. The lowest BCUT2D eigenvalue weighted by atomic mass is 9.78. The SMILES string of the molecule is CC(C)(C)OC(=O)NC1=NC2(c3cc(-c4cccnc4F)ccc3Oc3c(F)cc(-c4ccnc(F)c4)cc32)c2nccn21. The van der Waals surface area contributed by atoms with Crippen LogP contribution in [0.1, 0.15) is 37.7 Å². The summed E-state index contributed by atoms with van der Waals surface area (Å²) in [5.41, 5.74) is -0.387. The number of rotatable bonds is 2. The first-order valence-corrected chi connectivity index (χ1v) is 13.6. The molecule has 1 unspecified atom stereocenters. The number of nitrogens with one attached hydrogen (secondary N) is 1. The molecule has 1 N–H and O–H groups in total. The highest BCUT2D eigenvalue weighted by Gasteiger charge is 2.52. The van der Waals surface area contributed by atoms with E-state index in [0.29, 0.717) is 28.1 Å². The van der Waals surface area contributed by atoms with Gasteiger partial charge in [-0.05, 0) is 79.9 Å². The zero-order valence-electron chi connectivity index (χ0n) is 23.6. The van der Waals surface area contributed by atoms with Crippen molar-refractivity contribution in [3.8, 4) is 33.8 Å². The monoisotopic (exact) mass is 596 g/mol. The number of halogens is 3. The predicted molar refractivity (Wildman–Crippen MR) is 154 cm³/mol. The summed E-state index contributed by atoms with van der Waals surface area (Å²) in [7, 11) is 0. The smallest absolute Gasteiger partial charge is 0.414 e. The molecule has 7 rings (SSSR count). The van der Waals surface area contributed by atoms with Gasteiger partial charge in [0.15, 0.2) is 22.9 Å². The fraction of sp³-hybridized carbons (Fsp3) is 0.156. The van der Waals surface area contributed by atoms with Crippen molar-refractivity contribution in [1.82, 2.24) is 24.8 Å². The van der Waals surface area contributed by atoms with Gasteiger partial charge in [0.2, 0.25) is 17.9 Å². The van der Waals surface area contributed by atoms with Gasteiger partial charge in [-0.1, -0.05) is 6.07 Å². The second kappa shape index (κ2) is 9.76. The van der Waals surface area contributed by atoms with Crippen molar-refractivity contribution in [1.29, 1.82) is 0 Å². The molecule has 5 heterocycles. The molecule has 0 aliphatic carbocycles. The molecule has 0 saturated carbocycles. The molecule has 1 amide bonds. The van der Waals surface area contributed by atoms with Gasteiger partial charge < -0.3 is 9.47 Å². The molecule has 9 nitrogen and oxygen atoms in total. The lowest BCUT2D eigenvalue weighted by Gasteiger charge is -2.34. The van der Waals surface area contributed by atoms with Crippen LogP contribution >= 0.6 is 0 Å². The van der Waals surface area contributed by atoms with Gasteiger partial charge in [0.25, 0.3) is 0 Å². The normalized spacial score (nSPS) is 16.5. The summed E-state index contributed by atoms with van der Waals surface area (Å²) in [6.07, 6.45) is 4.97. The fourth-order valence-electron chi connectivity index (χ4n) is 5.49. The summed E-state index contributed by atoms with van der Waals surface area (Å²) in [6.45, 7) is 5.18. The van der Waals surface area contributed by atoms with Crippen molar-refractivity contribution < 1.29 is 27.4 Å². The van der Waals surface area contributed by atoms with Crippen LogP contribution in [0.3, 0.4) is 0 Å². The minimum atomic E-state index is -1.59. The van der Waals surface area contributed by atoms with Gasteiger partial charge in [-0.3, -0.25) is 9.88 Å². The zero-order valence-corrected chi connectivity index (χ0v) is 23.6. The number of aliphatic imine (C=N–C) groups is 1. The molecular weight excluding hydrogens is 573 g/mol. The van der Waals surface area contributed by atoms with Crippen LogP contribution in [0.5, 0.6) is 11.5 Å². The Labute approximate surface area is 249 Å². The van der Waals surface area contributed by atoms with Crippen molar-refractivity contribution in [2.45, 2.75) is 31.9 Å². The summed E-state index contributed by atoms with van der Waals surface area (Å²) in [5.74, 6) is -1.69. The van der Waals surface area contributed by atoms with Crippen LogP contribution < -0.4 is 10.1 Å². The standard InChI is InChI=1S/C32H23F3N6O3/c1-31(2,3)44-30(42)39-29-40-32(28-38-11-12-41(28)29)21-13-18(20-5-4-9-37-27(20)35)6-7-24(21)43-26-22(32)14-19(15-23(26)33)17-8-10-36-25(34)16-17/h4-16H,1-3H3,(H,39,40,42). The molecule has 2 aliphatic rings. The highest BCUT2D eigenvalue weighted by molar-refractivity contribution is 5.98. The third kappa shape index (κ3) is 4.37. The van der Waals surface area contributed by atoms with E-state index in [9.17, 15) is 13.6 Å². The maximum atomic E-state index is 16.0. The third-order valence-electron chi connectivity index (χ3n) is 7.22. The lowest BCUT2D eigenvalue weighted by Crippen LogP contribution is -2.38. The first kappa shape index (κ1) is 27.3. The number of alkyl carbamates (subject to hydrolysis) is 1. The fourth-order valence-corrected chi connectivity index (χ4v) is 5.49. The quantitative estimate of drug-likeness (QED) is 0.232. The highest BCUT2D eigenvalue weighted by atomic mass is 19.1. The summed E-state index contributed by atoms with van der Waals surface area (Å²) in [4.78, 5) is 29.8. The topological polar surface area (TPSA) is 104 Å². The Morgan fingerprint density at radius 2 is 1.73 bits per heavy atom. The number of ether oxygens (including phenoxy) is 2. The molecule has 2 aliphatic heterocycles. The zero-order chi connectivity index (χ0) is 30.8. The van der Waals surface area contributed by atoms with E-state index in [4.69, 9.17) is 14.5 Å². The van der Waals surface area contributed by atoms with E-state index in [1.54, 1.807) is 74.0 Å². The number of carbonyl (C=O) groups is 1. The number of nitrogens with zero attached hydrogens (tertiary/aromatic N) is 5. The van der Waals surface area contributed by atoms with Crippen LogP contribution in [0.2, 0.25) is 0 Å². The Bertz CT molecular complexity index is 2020. The number of carbonyl (C=O) groups excluding carboxylic acids is 1. The number of hydrogen-bond donors (Lipinski definition) is 1. The predicted octanol–water partition coefficient (Wildman–Crippen LogP) is 6.56. The van der Waals surface area contributed by atoms with E-state index >= 15 is 4.39 Å². The average molecular weight is 597 g/mol. The molecule has 0 bridgehead atoms. The highest BCUT2D eigenvalue weighted by Crippen LogP contribution is 2.56. The van der Waals surface area contributed by atoms with Gasteiger partial charge in [0.1, 0.15) is 11.4 Å². The molecule has 2 aromatic carbocycles. The molecule has 3 aromatic heterocycles. The molecular formula is C32H23F3N6O3. The van der Waals surface area contributed by atoms with E-state index in [-0.39, 0.29) is 28.6 Å². The maximum Gasteiger partial charge on any atom is 0.414 e. The number of aromatic nitrogens is 4. The Morgan fingerprint density at radius 1 is 0.909 bits per heavy atom. The van der Waals surface area contributed by atoms with E-state index in [1.165, 1.54) is 30.7 Å². The number of imidazole rings is 1. The van der Waals surface area contributed by atoms with E-state index in [1.807, 2.05) is 0 Å². The van der Waals surface area contributed by atoms with E-state index in [0.717, 1.165) is 0 Å². The lowest BCUT2D eigenvalue weighted by molar-refractivity contribution is 0.0561. The first-order chi connectivity index (χ1) is 21.0. The van der Waals surface area contributed by atoms with Crippen LogP contribution in [-0.4, -0.2) is 37.2 Å². The van der Waals surface area contributed by atoms with Crippen molar-refractivity contribution in [2.75, 3.05) is 0 Å². The van der Waals surface area contributed by atoms with Gasteiger partial charge >= 0.3 is 6.09 Å². The average Bonchev–Trinajstić information content (AvgIpc) is 3.57. The van der Waals surface area contributed by atoms with Gasteiger partial charge in [-0.2, -0.15) is 8.78 Å². The van der Waals surface area contributed by atoms with Crippen LogP contribution in [0.25, 0.3) is 22.3 Å². The van der Waals surface area contributed by atoms with Crippen molar-refractivity contribution in [2.24, 2.45) is 4.99 Å². The molecule has 44 heavy (non-hydrogen) atoms. The molecule has 5 aromatic rings. The molecule has 1 spiro atoms. The van der Waals surface area contributed by atoms with E-state index in [2.05, 4.69) is 20.3 Å². The van der Waals surface area contributed by atoms with Gasteiger partial charge in [-0.15, -0.1) is 0 Å². The van der Waals surface area contributed by atoms with Crippen molar-refractivity contribution >= 4 is 12.1 Å². The second-order valence-electron chi connectivity index (χ2n) is 11.3. The number of pyridine rings is 2. The Kier molecular flexibility index (Phi) is 6.06. The summed E-state index contributed by atoms with van der Waals surface area (Å²) < 4.78 is 58.1. The molecule has 1 atom stereocenters. The largest absolute Gasteiger partial charge is 0.453 e. The van der Waals surface area contributed by atoms with Crippen LogP contribution in [0.4, 0.5) is 18.0 Å². The third-order valence-corrected chi connectivity index (χ3v) is 7.22. The Morgan fingerprint density at radius 3 is 2.50 bits per heavy atom. The summed E-state index contributed by atoms with van der Waals surface area (Å²) in [6, 6.07) is 13.7. The molecule has 0 fully saturated rings. The number of hydrogen-bond acceptors (Lipinski definition) is 7. The van der Waals surface area contributed by atoms with Crippen LogP contribution in [0, 0.1) is 17.7 Å². The summed E-state index contributed by atoms with van der Waals surface area (Å²) >= 11 is 0. The first-order valence-electron chi connectivity index (χ1n) is 13.6. The van der Waals surface area contributed by atoms with Gasteiger partial charge in [-0.25, -0.2) is 29.1 Å².